The zero-order valence-corrected chi connectivity index (χ0v) is 18.5. The number of hydrogen-bond acceptors (Lipinski definition) is 7. The summed E-state index contributed by atoms with van der Waals surface area (Å²) >= 11 is 1.62. The van der Waals surface area contributed by atoms with Gasteiger partial charge in [0.05, 0.1) is 44.6 Å². The number of thiazole rings is 1. The van der Waals surface area contributed by atoms with Gasteiger partial charge in [-0.2, -0.15) is 0 Å². The highest BCUT2D eigenvalue weighted by molar-refractivity contribution is 7.13. The second-order valence-corrected chi connectivity index (χ2v) is 8.58. The third-order valence-electron chi connectivity index (χ3n) is 5.75. The Labute approximate surface area is 181 Å². The van der Waals surface area contributed by atoms with Gasteiger partial charge in [-0.05, 0) is 31.5 Å². The number of likely N-dealkylation sites (tertiary alicyclic amines) is 1. The van der Waals surface area contributed by atoms with Crippen LogP contribution in [0.1, 0.15) is 18.5 Å². The molecule has 1 aromatic carbocycles. The summed E-state index contributed by atoms with van der Waals surface area (Å²) < 4.78 is 16.2. The molecule has 1 atom stereocenters. The van der Waals surface area contributed by atoms with Crippen LogP contribution in [-0.2, 0) is 16.1 Å². The van der Waals surface area contributed by atoms with Gasteiger partial charge in [-0.3, -0.25) is 9.69 Å². The lowest BCUT2D eigenvalue weighted by molar-refractivity contribution is -0.141. The minimum Gasteiger partial charge on any atom is -0.497 e. The van der Waals surface area contributed by atoms with E-state index in [0.717, 1.165) is 60.2 Å². The Morgan fingerprint density at radius 2 is 2.07 bits per heavy atom. The van der Waals surface area contributed by atoms with Crippen molar-refractivity contribution in [3.63, 3.8) is 0 Å². The minimum absolute atomic E-state index is 0.0802. The molecule has 2 fully saturated rings. The standard InChI is InChI=1S/C22H29N3O4S/c1-27-18-5-6-19(20(12-18)28-2)21-23-17(15-30-21)14-24-7-3-4-16(13-24)22(26)25-8-10-29-11-9-25/h5-6,12,15-16H,3-4,7-11,13-14H2,1-2H3. The summed E-state index contributed by atoms with van der Waals surface area (Å²) in [5, 5.41) is 3.04. The third-order valence-corrected chi connectivity index (χ3v) is 6.68. The van der Waals surface area contributed by atoms with E-state index in [-0.39, 0.29) is 11.8 Å². The molecule has 0 saturated carbocycles. The summed E-state index contributed by atoms with van der Waals surface area (Å²) in [6.45, 7) is 5.31. The molecule has 7 nitrogen and oxygen atoms in total. The first-order chi connectivity index (χ1) is 14.7. The fraction of sp³-hybridized carbons (Fsp3) is 0.545. The van der Waals surface area contributed by atoms with Crippen LogP contribution in [0.4, 0.5) is 0 Å². The van der Waals surface area contributed by atoms with E-state index in [2.05, 4.69) is 10.3 Å². The van der Waals surface area contributed by atoms with Crippen molar-refractivity contribution in [2.45, 2.75) is 19.4 Å². The number of morpholine rings is 1. The summed E-state index contributed by atoms with van der Waals surface area (Å²) in [6.07, 6.45) is 2.02. The van der Waals surface area contributed by atoms with E-state index in [0.29, 0.717) is 26.3 Å². The number of piperidine rings is 1. The highest BCUT2D eigenvalue weighted by atomic mass is 32.1. The van der Waals surface area contributed by atoms with Gasteiger partial charge in [0, 0.05) is 37.6 Å². The van der Waals surface area contributed by atoms with Crippen LogP contribution < -0.4 is 9.47 Å². The molecule has 2 saturated heterocycles. The van der Waals surface area contributed by atoms with Crippen LogP contribution in [0.2, 0.25) is 0 Å². The molecule has 1 amide bonds. The molecular weight excluding hydrogens is 402 g/mol. The van der Waals surface area contributed by atoms with Gasteiger partial charge in [-0.25, -0.2) is 4.98 Å². The van der Waals surface area contributed by atoms with Crippen molar-refractivity contribution in [3.8, 4) is 22.1 Å². The molecule has 2 aliphatic heterocycles. The maximum Gasteiger partial charge on any atom is 0.227 e. The predicted molar refractivity (Wildman–Crippen MR) is 116 cm³/mol. The monoisotopic (exact) mass is 431 g/mol. The van der Waals surface area contributed by atoms with Crippen LogP contribution in [0.5, 0.6) is 11.5 Å². The molecule has 2 aromatic rings. The van der Waals surface area contributed by atoms with Crippen LogP contribution >= 0.6 is 11.3 Å². The molecule has 30 heavy (non-hydrogen) atoms. The number of rotatable bonds is 6. The number of aromatic nitrogens is 1. The van der Waals surface area contributed by atoms with Crippen molar-refractivity contribution in [2.75, 3.05) is 53.6 Å². The maximum atomic E-state index is 12.9. The molecule has 0 spiro atoms. The molecular formula is C22H29N3O4S. The number of methoxy groups -OCH3 is 2. The zero-order valence-electron chi connectivity index (χ0n) is 17.6. The Balaban J connectivity index is 1.40. The molecule has 0 aliphatic carbocycles. The molecule has 4 rings (SSSR count). The van der Waals surface area contributed by atoms with Crippen molar-refractivity contribution in [3.05, 3.63) is 29.3 Å². The maximum absolute atomic E-state index is 12.9. The SMILES string of the molecule is COc1ccc(-c2nc(CN3CCCC(C(=O)N4CCOCC4)C3)cs2)c(OC)c1. The number of ether oxygens (including phenoxy) is 3. The fourth-order valence-corrected chi connectivity index (χ4v) is 4.99. The molecule has 162 valence electrons. The van der Waals surface area contributed by atoms with Gasteiger partial charge >= 0.3 is 0 Å². The minimum atomic E-state index is 0.0802. The Hall–Kier alpha value is -2.16. The Bertz CT molecular complexity index is 866. The first kappa shape index (κ1) is 21.1. The van der Waals surface area contributed by atoms with E-state index in [1.54, 1.807) is 25.6 Å². The number of carbonyl (C=O) groups excluding carboxylic acids is 1. The topological polar surface area (TPSA) is 64.1 Å². The summed E-state index contributed by atoms with van der Waals surface area (Å²) in [5.74, 6) is 1.88. The second-order valence-electron chi connectivity index (χ2n) is 7.72. The van der Waals surface area contributed by atoms with Crippen molar-refractivity contribution in [1.82, 2.24) is 14.8 Å². The lowest BCUT2D eigenvalue weighted by Gasteiger charge is -2.36. The highest BCUT2D eigenvalue weighted by Gasteiger charge is 2.30. The molecule has 0 N–H and O–H groups in total. The predicted octanol–water partition coefficient (Wildman–Crippen LogP) is 2.90. The van der Waals surface area contributed by atoms with Gasteiger partial charge in [0.1, 0.15) is 16.5 Å². The van der Waals surface area contributed by atoms with Crippen LogP contribution in [0.25, 0.3) is 10.6 Å². The average Bonchev–Trinajstić information content (AvgIpc) is 3.27. The van der Waals surface area contributed by atoms with Gasteiger partial charge in [-0.1, -0.05) is 0 Å². The molecule has 0 bridgehead atoms. The molecule has 1 unspecified atom stereocenters. The third kappa shape index (κ3) is 4.77. The van der Waals surface area contributed by atoms with Crippen LogP contribution in [0.15, 0.2) is 23.6 Å². The van der Waals surface area contributed by atoms with E-state index < -0.39 is 0 Å². The second kappa shape index (κ2) is 9.76. The van der Waals surface area contributed by atoms with Gasteiger partial charge in [-0.15, -0.1) is 11.3 Å². The Morgan fingerprint density at radius 3 is 2.83 bits per heavy atom. The summed E-state index contributed by atoms with van der Waals surface area (Å²) in [4.78, 5) is 22.0. The number of benzene rings is 1. The van der Waals surface area contributed by atoms with Crippen molar-refractivity contribution in [2.24, 2.45) is 5.92 Å². The number of carbonyl (C=O) groups is 1. The number of nitrogens with zero attached hydrogens (tertiary/aromatic N) is 3. The van der Waals surface area contributed by atoms with Crippen molar-refractivity contribution < 1.29 is 19.0 Å². The summed E-state index contributed by atoms with van der Waals surface area (Å²) in [6, 6.07) is 5.78. The molecule has 8 heteroatoms. The van der Waals surface area contributed by atoms with E-state index in [9.17, 15) is 4.79 Å². The fourth-order valence-electron chi connectivity index (χ4n) is 4.15. The van der Waals surface area contributed by atoms with Crippen LogP contribution in [-0.4, -0.2) is 74.3 Å². The molecule has 1 aromatic heterocycles. The van der Waals surface area contributed by atoms with Crippen LogP contribution in [0, 0.1) is 5.92 Å². The van der Waals surface area contributed by atoms with E-state index in [1.807, 2.05) is 23.1 Å². The van der Waals surface area contributed by atoms with Gasteiger partial charge in [0.2, 0.25) is 5.91 Å². The van der Waals surface area contributed by atoms with Crippen molar-refractivity contribution >= 4 is 17.2 Å². The average molecular weight is 432 g/mol. The quantitative estimate of drug-likeness (QED) is 0.701. The summed E-state index contributed by atoms with van der Waals surface area (Å²) in [7, 11) is 3.30. The zero-order chi connectivity index (χ0) is 20.9. The van der Waals surface area contributed by atoms with Gasteiger partial charge in [0.15, 0.2) is 0 Å². The normalized spacial score (nSPS) is 20.2. The summed E-state index contributed by atoms with van der Waals surface area (Å²) in [5.41, 5.74) is 2.00. The highest BCUT2D eigenvalue weighted by Crippen LogP contribution is 2.35. The van der Waals surface area contributed by atoms with E-state index >= 15 is 0 Å². The molecule has 0 radical (unpaired) electrons. The Morgan fingerprint density at radius 1 is 1.23 bits per heavy atom. The van der Waals surface area contributed by atoms with Gasteiger partial charge < -0.3 is 19.1 Å². The number of hydrogen-bond donors (Lipinski definition) is 0. The molecule has 3 heterocycles. The van der Waals surface area contributed by atoms with Crippen molar-refractivity contribution in [1.29, 1.82) is 0 Å². The van der Waals surface area contributed by atoms with E-state index in [4.69, 9.17) is 19.2 Å². The van der Waals surface area contributed by atoms with Crippen LogP contribution in [0.3, 0.4) is 0 Å². The number of amides is 1. The lowest BCUT2D eigenvalue weighted by atomic mass is 9.96. The largest absolute Gasteiger partial charge is 0.497 e. The van der Waals surface area contributed by atoms with E-state index in [1.165, 1.54) is 0 Å². The van der Waals surface area contributed by atoms with Gasteiger partial charge in [0.25, 0.3) is 0 Å². The first-order valence-corrected chi connectivity index (χ1v) is 11.3. The first-order valence-electron chi connectivity index (χ1n) is 10.4. The molecule has 2 aliphatic rings. The Kier molecular flexibility index (Phi) is 6.86. The lowest BCUT2D eigenvalue weighted by Crippen LogP contribution is -2.48. The smallest absolute Gasteiger partial charge is 0.227 e.